The fourth-order valence-electron chi connectivity index (χ4n) is 2.05. The van der Waals surface area contributed by atoms with Crippen LogP contribution >= 0.6 is 0 Å². The normalized spacial score (nSPS) is 20.3. The van der Waals surface area contributed by atoms with Crippen LogP contribution < -0.4 is 9.50 Å². The van der Waals surface area contributed by atoms with Crippen molar-refractivity contribution in [3.63, 3.8) is 0 Å². The van der Waals surface area contributed by atoms with Crippen LogP contribution in [0, 0.1) is 0 Å². The first-order chi connectivity index (χ1) is 8.46. The summed E-state index contributed by atoms with van der Waals surface area (Å²) >= 11 is 0. The molecule has 1 aromatic carbocycles. The molecule has 1 aromatic rings. The summed E-state index contributed by atoms with van der Waals surface area (Å²) in [5.74, 6) is 0.00740. The van der Waals surface area contributed by atoms with E-state index in [4.69, 9.17) is 4.18 Å². The zero-order valence-corrected chi connectivity index (χ0v) is 10.9. The molecule has 1 aliphatic rings. The molecule has 1 aliphatic heterocycles. The van der Waals surface area contributed by atoms with Crippen molar-refractivity contribution in [1.29, 1.82) is 0 Å². The average molecular weight is 269 g/mol. The third-order valence-corrected chi connectivity index (χ3v) is 3.29. The molecular weight excluding hydrogens is 254 g/mol. The summed E-state index contributed by atoms with van der Waals surface area (Å²) < 4.78 is 26.9. The van der Waals surface area contributed by atoms with Crippen LogP contribution in [0.25, 0.3) is 0 Å². The third kappa shape index (κ3) is 3.22. The van der Waals surface area contributed by atoms with Crippen LogP contribution in [0.4, 0.5) is 0 Å². The zero-order chi connectivity index (χ0) is 13.2. The number of hydrogen-bond acceptors (Lipinski definition) is 4. The van der Waals surface area contributed by atoms with E-state index in [-0.39, 0.29) is 17.6 Å². The minimum Gasteiger partial charge on any atom is -0.383 e. The van der Waals surface area contributed by atoms with E-state index in [1.807, 2.05) is 6.07 Å². The van der Waals surface area contributed by atoms with Crippen molar-refractivity contribution in [2.24, 2.45) is 0 Å². The Morgan fingerprint density at radius 3 is 2.83 bits per heavy atom. The molecular formula is C12H15NO4S. The molecule has 1 N–H and O–H groups in total. The Labute approximate surface area is 106 Å². The second-order valence-corrected chi connectivity index (χ2v) is 5.92. The highest BCUT2D eigenvalue weighted by Crippen LogP contribution is 2.27. The smallest absolute Gasteiger partial charge is 0.306 e. The molecule has 5 nitrogen and oxygen atoms in total. The van der Waals surface area contributed by atoms with Crippen molar-refractivity contribution in [2.75, 3.05) is 12.8 Å². The first-order valence-electron chi connectivity index (χ1n) is 5.73. The Balaban J connectivity index is 2.23. The van der Waals surface area contributed by atoms with Gasteiger partial charge < -0.3 is 9.50 Å². The second-order valence-electron chi connectivity index (χ2n) is 4.35. The zero-order valence-electron chi connectivity index (χ0n) is 10.0. The molecule has 1 heterocycles. The fraction of sp³-hybridized carbons (Fsp3) is 0.417. The molecule has 98 valence electrons. The molecule has 1 atom stereocenters. The van der Waals surface area contributed by atoms with Gasteiger partial charge in [-0.15, -0.1) is 0 Å². The average Bonchev–Trinajstić information content (AvgIpc) is 2.27. The van der Waals surface area contributed by atoms with Crippen molar-refractivity contribution in [3.8, 4) is 5.75 Å². The molecule has 2 rings (SSSR count). The number of carbonyl (C=O) groups is 1. The number of carbonyl (C=O) groups excluding carboxylic acids is 1. The number of piperidine rings is 1. The van der Waals surface area contributed by atoms with E-state index in [2.05, 4.69) is 5.32 Å². The van der Waals surface area contributed by atoms with Gasteiger partial charge in [-0.05, 0) is 30.5 Å². The lowest BCUT2D eigenvalue weighted by molar-refractivity contribution is -0.123. The molecule has 1 amide bonds. The lowest BCUT2D eigenvalue weighted by Crippen LogP contribution is -2.35. The lowest BCUT2D eigenvalue weighted by Gasteiger charge is -2.22. The summed E-state index contributed by atoms with van der Waals surface area (Å²) in [7, 11) is -3.54. The van der Waals surface area contributed by atoms with E-state index in [1.165, 1.54) is 0 Å². The van der Waals surface area contributed by atoms with Gasteiger partial charge in [-0.2, -0.15) is 8.42 Å². The van der Waals surface area contributed by atoms with E-state index >= 15 is 0 Å². The van der Waals surface area contributed by atoms with Gasteiger partial charge in [0.15, 0.2) is 0 Å². The summed E-state index contributed by atoms with van der Waals surface area (Å²) in [6.45, 7) is 0.703. The molecule has 0 radical (unpaired) electrons. The number of rotatable bonds is 3. The van der Waals surface area contributed by atoms with Crippen molar-refractivity contribution in [3.05, 3.63) is 29.8 Å². The lowest BCUT2D eigenvalue weighted by atomic mass is 9.91. The van der Waals surface area contributed by atoms with Gasteiger partial charge in [0.2, 0.25) is 5.91 Å². The molecule has 1 unspecified atom stereocenters. The topological polar surface area (TPSA) is 72.5 Å². The molecule has 0 bridgehead atoms. The predicted octanol–water partition coefficient (Wildman–Crippen LogP) is 1.02. The molecule has 18 heavy (non-hydrogen) atoms. The van der Waals surface area contributed by atoms with Crippen molar-refractivity contribution < 1.29 is 17.4 Å². The third-order valence-electron chi connectivity index (χ3n) is 2.79. The van der Waals surface area contributed by atoms with Gasteiger partial charge in [-0.3, -0.25) is 4.79 Å². The number of hydrogen-bond donors (Lipinski definition) is 1. The first-order valence-corrected chi connectivity index (χ1v) is 7.54. The minimum atomic E-state index is -3.54. The molecule has 0 spiro atoms. The van der Waals surface area contributed by atoms with Gasteiger partial charge in [0.25, 0.3) is 0 Å². The quantitative estimate of drug-likeness (QED) is 0.831. The minimum absolute atomic E-state index is 0.0160. The standard InChI is InChI=1S/C12H15NO4S/c1-18(15,16)17-10-5-2-4-9(8-10)11-6-3-7-13-12(11)14/h2,4-5,8,11H,3,6-7H2,1H3,(H,13,14). The van der Waals surface area contributed by atoms with E-state index < -0.39 is 10.1 Å². The highest BCUT2D eigenvalue weighted by atomic mass is 32.2. The van der Waals surface area contributed by atoms with Gasteiger partial charge in [0, 0.05) is 6.54 Å². The van der Waals surface area contributed by atoms with Crippen LogP contribution in [-0.2, 0) is 14.9 Å². The summed E-state index contributed by atoms with van der Waals surface area (Å²) in [4.78, 5) is 11.7. The van der Waals surface area contributed by atoms with E-state index in [9.17, 15) is 13.2 Å². The Morgan fingerprint density at radius 2 is 2.17 bits per heavy atom. The van der Waals surface area contributed by atoms with Gasteiger partial charge in [-0.25, -0.2) is 0 Å². The van der Waals surface area contributed by atoms with Gasteiger partial charge in [0.05, 0.1) is 12.2 Å². The summed E-state index contributed by atoms with van der Waals surface area (Å²) in [5, 5.41) is 2.80. The Kier molecular flexibility index (Phi) is 3.56. The van der Waals surface area contributed by atoms with Crippen LogP contribution in [0.3, 0.4) is 0 Å². The highest BCUT2D eigenvalue weighted by molar-refractivity contribution is 7.86. The van der Waals surface area contributed by atoms with Crippen LogP contribution in [-0.4, -0.2) is 27.1 Å². The number of benzene rings is 1. The van der Waals surface area contributed by atoms with Crippen LogP contribution in [0.5, 0.6) is 5.75 Å². The van der Waals surface area contributed by atoms with E-state index in [0.29, 0.717) is 6.54 Å². The first kappa shape index (κ1) is 12.9. The summed E-state index contributed by atoms with van der Waals surface area (Å²) in [5.41, 5.74) is 0.786. The molecule has 1 saturated heterocycles. The molecule has 6 heteroatoms. The van der Waals surface area contributed by atoms with Crippen molar-refractivity contribution in [1.82, 2.24) is 5.32 Å². The fourth-order valence-corrected chi connectivity index (χ4v) is 2.50. The van der Waals surface area contributed by atoms with Gasteiger partial charge in [-0.1, -0.05) is 12.1 Å². The van der Waals surface area contributed by atoms with E-state index in [1.54, 1.807) is 18.2 Å². The highest BCUT2D eigenvalue weighted by Gasteiger charge is 2.24. The monoisotopic (exact) mass is 269 g/mol. The largest absolute Gasteiger partial charge is 0.383 e. The number of amides is 1. The molecule has 0 saturated carbocycles. The van der Waals surface area contributed by atoms with Crippen LogP contribution in [0.15, 0.2) is 24.3 Å². The SMILES string of the molecule is CS(=O)(=O)Oc1cccc(C2CCCNC2=O)c1. The predicted molar refractivity (Wildman–Crippen MR) is 66.9 cm³/mol. The molecule has 0 aromatic heterocycles. The van der Waals surface area contributed by atoms with Gasteiger partial charge >= 0.3 is 10.1 Å². The van der Waals surface area contributed by atoms with Crippen LogP contribution in [0.2, 0.25) is 0 Å². The number of nitrogens with one attached hydrogen (secondary N) is 1. The maximum Gasteiger partial charge on any atom is 0.306 e. The van der Waals surface area contributed by atoms with Crippen molar-refractivity contribution in [2.45, 2.75) is 18.8 Å². The summed E-state index contributed by atoms with van der Waals surface area (Å²) in [6, 6.07) is 6.67. The van der Waals surface area contributed by atoms with Crippen molar-refractivity contribution >= 4 is 16.0 Å². The van der Waals surface area contributed by atoms with Gasteiger partial charge in [0.1, 0.15) is 5.75 Å². The Bertz CT molecular complexity index is 553. The van der Waals surface area contributed by atoms with E-state index in [0.717, 1.165) is 24.7 Å². The molecule has 1 fully saturated rings. The molecule has 0 aliphatic carbocycles. The summed E-state index contributed by atoms with van der Waals surface area (Å²) in [6.07, 6.45) is 2.69. The van der Waals surface area contributed by atoms with Crippen LogP contribution in [0.1, 0.15) is 24.3 Å². The second kappa shape index (κ2) is 4.97. The maximum atomic E-state index is 11.7. The Hall–Kier alpha value is -1.56. The maximum absolute atomic E-state index is 11.7. The Morgan fingerprint density at radius 1 is 1.39 bits per heavy atom.